The van der Waals surface area contributed by atoms with Crippen molar-refractivity contribution in [3.05, 3.63) is 0 Å². The van der Waals surface area contributed by atoms with Crippen molar-refractivity contribution in [3.8, 4) is 0 Å². The van der Waals surface area contributed by atoms with Crippen LogP contribution in [0.3, 0.4) is 0 Å². The molecule has 1 N–H and O–H groups in total. The van der Waals surface area contributed by atoms with Crippen LogP contribution in [0.1, 0.15) is 32.1 Å². The molecule has 0 radical (unpaired) electrons. The van der Waals surface area contributed by atoms with Gasteiger partial charge in [-0.25, -0.2) is 0 Å². The molecule has 1 rings (SSSR count). The fourth-order valence-electron chi connectivity index (χ4n) is 2.56. The zero-order valence-corrected chi connectivity index (χ0v) is 11.2. The Morgan fingerprint density at radius 1 is 1.12 bits per heavy atom. The van der Waals surface area contributed by atoms with Crippen LogP contribution in [0.25, 0.3) is 0 Å². The molecule has 0 aromatic rings. The Balaban J connectivity index is 2.10. The Morgan fingerprint density at radius 2 is 1.75 bits per heavy atom. The SMILES string of the molecule is CN(C)CCCN(C)CC(O)C1CCCC1. The van der Waals surface area contributed by atoms with Crippen molar-refractivity contribution in [1.29, 1.82) is 0 Å². The van der Waals surface area contributed by atoms with Gasteiger partial charge >= 0.3 is 0 Å². The third-order valence-corrected chi connectivity index (χ3v) is 3.59. The van der Waals surface area contributed by atoms with E-state index < -0.39 is 0 Å². The first-order valence-electron chi connectivity index (χ1n) is 6.61. The number of likely N-dealkylation sites (N-methyl/N-ethyl adjacent to an activating group) is 1. The lowest BCUT2D eigenvalue weighted by Gasteiger charge is -2.24. The van der Waals surface area contributed by atoms with Crippen molar-refractivity contribution in [2.24, 2.45) is 5.92 Å². The lowest BCUT2D eigenvalue weighted by atomic mass is 10.0. The van der Waals surface area contributed by atoms with Gasteiger partial charge < -0.3 is 14.9 Å². The summed E-state index contributed by atoms with van der Waals surface area (Å²) in [5, 5.41) is 10.1. The summed E-state index contributed by atoms with van der Waals surface area (Å²) in [6.07, 6.45) is 6.16. The second-order valence-electron chi connectivity index (χ2n) is 5.53. The molecule has 96 valence electrons. The molecule has 1 unspecified atom stereocenters. The number of hydrogen-bond acceptors (Lipinski definition) is 3. The Morgan fingerprint density at radius 3 is 2.31 bits per heavy atom. The Bertz CT molecular complexity index is 179. The summed E-state index contributed by atoms with van der Waals surface area (Å²) in [5.74, 6) is 0.566. The van der Waals surface area contributed by atoms with E-state index in [0.29, 0.717) is 5.92 Å². The Kier molecular flexibility index (Phi) is 6.32. The van der Waals surface area contributed by atoms with Crippen LogP contribution in [0.15, 0.2) is 0 Å². The van der Waals surface area contributed by atoms with E-state index in [1.54, 1.807) is 0 Å². The molecule has 0 heterocycles. The van der Waals surface area contributed by atoms with Gasteiger partial charge in [-0.15, -0.1) is 0 Å². The minimum Gasteiger partial charge on any atom is -0.392 e. The van der Waals surface area contributed by atoms with Gasteiger partial charge in [0.1, 0.15) is 0 Å². The van der Waals surface area contributed by atoms with Gasteiger partial charge in [-0.3, -0.25) is 0 Å². The fraction of sp³-hybridized carbons (Fsp3) is 1.00. The first-order chi connectivity index (χ1) is 7.59. The highest BCUT2D eigenvalue weighted by molar-refractivity contribution is 4.76. The van der Waals surface area contributed by atoms with Crippen molar-refractivity contribution in [1.82, 2.24) is 9.80 Å². The second kappa shape index (κ2) is 7.25. The molecule has 0 aliphatic heterocycles. The van der Waals surface area contributed by atoms with Gasteiger partial charge in [0.05, 0.1) is 6.10 Å². The molecule has 3 heteroatoms. The largest absolute Gasteiger partial charge is 0.392 e. The van der Waals surface area contributed by atoms with E-state index in [9.17, 15) is 5.11 Å². The van der Waals surface area contributed by atoms with Crippen LogP contribution in [-0.2, 0) is 0 Å². The minimum absolute atomic E-state index is 0.105. The van der Waals surface area contributed by atoms with Crippen molar-refractivity contribution in [2.45, 2.75) is 38.2 Å². The van der Waals surface area contributed by atoms with Gasteiger partial charge in [0.15, 0.2) is 0 Å². The van der Waals surface area contributed by atoms with Crippen LogP contribution in [0.5, 0.6) is 0 Å². The molecular formula is C13H28N2O. The average Bonchev–Trinajstić information content (AvgIpc) is 2.69. The normalized spacial score (nSPS) is 19.9. The van der Waals surface area contributed by atoms with E-state index in [1.165, 1.54) is 32.1 Å². The molecule has 1 saturated carbocycles. The quantitative estimate of drug-likeness (QED) is 0.714. The van der Waals surface area contributed by atoms with Crippen LogP contribution >= 0.6 is 0 Å². The van der Waals surface area contributed by atoms with E-state index >= 15 is 0 Å². The number of nitrogens with zero attached hydrogens (tertiary/aromatic N) is 2. The molecule has 0 aromatic carbocycles. The summed E-state index contributed by atoms with van der Waals surface area (Å²) < 4.78 is 0. The third kappa shape index (κ3) is 5.28. The molecule has 0 bridgehead atoms. The van der Waals surface area contributed by atoms with Gasteiger partial charge in [0, 0.05) is 6.54 Å². The molecule has 0 spiro atoms. The van der Waals surface area contributed by atoms with Crippen molar-refractivity contribution in [2.75, 3.05) is 40.8 Å². The summed E-state index contributed by atoms with van der Waals surface area (Å²) in [5.41, 5.74) is 0. The summed E-state index contributed by atoms with van der Waals surface area (Å²) in [6.45, 7) is 3.06. The summed E-state index contributed by atoms with van der Waals surface area (Å²) in [4.78, 5) is 4.48. The van der Waals surface area contributed by atoms with Crippen LogP contribution in [-0.4, -0.2) is 61.8 Å². The summed E-state index contributed by atoms with van der Waals surface area (Å²) in [7, 11) is 6.33. The Labute approximate surface area is 100 Å². The van der Waals surface area contributed by atoms with E-state index in [0.717, 1.165) is 19.6 Å². The molecule has 16 heavy (non-hydrogen) atoms. The maximum absolute atomic E-state index is 10.1. The Hall–Kier alpha value is -0.120. The summed E-state index contributed by atoms with van der Waals surface area (Å²) >= 11 is 0. The smallest absolute Gasteiger partial charge is 0.0695 e. The molecular weight excluding hydrogens is 200 g/mol. The zero-order chi connectivity index (χ0) is 12.0. The highest BCUT2D eigenvalue weighted by Crippen LogP contribution is 2.27. The van der Waals surface area contributed by atoms with E-state index in [-0.39, 0.29) is 6.10 Å². The predicted molar refractivity (Wildman–Crippen MR) is 68.6 cm³/mol. The molecule has 0 aromatic heterocycles. The fourth-order valence-corrected chi connectivity index (χ4v) is 2.56. The molecule has 1 aliphatic rings. The van der Waals surface area contributed by atoms with Gasteiger partial charge in [-0.2, -0.15) is 0 Å². The van der Waals surface area contributed by atoms with Crippen LogP contribution in [0, 0.1) is 5.92 Å². The maximum atomic E-state index is 10.1. The predicted octanol–water partition coefficient (Wildman–Crippen LogP) is 1.42. The lowest BCUT2D eigenvalue weighted by Crippen LogP contribution is -2.34. The second-order valence-corrected chi connectivity index (χ2v) is 5.53. The molecule has 1 aliphatic carbocycles. The number of hydrogen-bond donors (Lipinski definition) is 1. The van der Waals surface area contributed by atoms with E-state index in [2.05, 4.69) is 30.9 Å². The highest BCUT2D eigenvalue weighted by atomic mass is 16.3. The average molecular weight is 228 g/mol. The van der Waals surface area contributed by atoms with Gasteiger partial charge in [-0.05, 0) is 59.4 Å². The number of aliphatic hydroxyl groups excluding tert-OH is 1. The van der Waals surface area contributed by atoms with Crippen LogP contribution in [0.2, 0.25) is 0 Å². The topological polar surface area (TPSA) is 26.7 Å². The van der Waals surface area contributed by atoms with Crippen LogP contribution < -0.4 is 0 Å². The minimum atomic E-state index is -0.105. The molecule has 3 nitrogen and oxygen atoms in total. The number of rotatable bonds is 7. The van der Waals surface area contributed by atoms with E-state index in [4.69, 9.17) is 0 Å². The van der Waals surface area contributed by atoms with Gasteiger partial charge in [0.2, 0.25) is 0 Å². The summed E-state index contributed by atoms with van der Waals surface area (Å²) in [6, 6.07) is 0. The molecule has 0 saturated heterocycles. The maximum Gasteiger partial charge on any atom is 0.0695 e. The zero-order valence-electron chi connectivity index (χ0n) is 11.2. The molecule has 1 fully saturated rings. The van der Waals surface area contributed by atoms with Crippen molar-refractivity contribution in [3.63, 3.8) is 0 Å². The van der Waals surface area contributed by atoms with Gasteiger partial charge in [-0.1, -0.05) is 12.8 Å². The standard InChI is InChI=1S/C13H28N2O/c1-14(2)9-6-10-15(3)11-13(16)12-7-4-5-8-12/h12-13,16H,4-11H2,1-3H3. The highest BCUT2D eigenvalue weighted by Gasteiger charge is 2.23. The lowest BCUT2D eigenvalue weighted by molar-refractivity contribution is 0.0737. The molecule has 0 amide bonds. The number of aliphatic hydroxyl groups is 1. The van der Waals surface area contributed by atoms with Gasteiger partial charge in [0.25, 0.3) is 0 Å². The molecule has 1 atom stereocenters. The first kappa shape index (κ1) is 13.9. The van der Waals surface area contributed by atoms with Crippen molar-refractivity contribution < 1.29 is 5.11 Å². The third-order valence-electron chi connectivity index (χ3n) is 3.59. The van der Waals surface area contributed by atoms with Crippen molar-refractivity contribution >= 4 is 0 Å². The van der Waals surface area contributed by atoms with Crippen LogP contribution in [0.4, 0.5) is 0 Å². The van der Waals surface area contributed by atoms with E-state index in [1.807, 2.05) is 0 Å². The first-order valence-corrected chi connectivity index (χ1v) is 6.61. The monoisotopic (exact) mass is 228 g/mol.